The molecule has 0 aromatic heterocycles. The van der Waals surface area contributed by atoms with Crippen LogP contribution in [-0.2, 0) is 24.0 Å². The van der Waals surface area contributed by atoms with E-state index in [9.17, 15) is 34.2 Å². The normalized spacial score (nSPS) is 18.8. The van der Waals surface area contributed by atoms with Crippen LogP contribution in [0.4, 0.5) is 0 Å². The Bertz CT molecular complexity index is 800. The molecule has 0 aromatic carbocycles. The summed E-state index contributed by atoms with van der Waals surface area (Å²) in [7, 11) is 0. The van der Waals surface area contributed by atoms with Gasteiger partial charge in [0.15, 0.2) is 5.96 Å². The molecule has 4 amide bonds. The Kier molecular flexibility index (Phi) is 11.2. The molecule has 192 valence electrons. The van der Waals surface area contributed by atoms with Crippen LogP contribution in [-0.4, -0.2) is 94.0 Å². The molecule has 1 aliphatic heterocycles. The van der Waals surface area contributed by atoms with Gasteiger partial charge < -0.3 is 48.7 Å². The standard InChI is InChI=1S/C19H34N8O7/c1-9(28)14(26-15(30)10(20)8-13(21)29)17(32)27-7-3-5-12(27)16(31)25-11(18(33)34)4-2-6-24-19(22)23/h9-12,14,28H,2-8,20H2,1H3,(H2,21,29)(H,25,31)(H,26,30)(H,33,34)(H4,22,23,24). The summed E-state index contributed by atoms with van der Waals surface area (Å²) in [5.74, 6) is -4.50. The van der Waals surface area contributed by atoms with Crippen LogP contribution in [0.5, 0.6) is 0 Å². The monoisotopic (exact) mass is 486 g/mol. The molecule has 0 spiro atoms. The summed E-state index contributed by atoms with van der Waals surface area (Å²) in [6.45, 7) is 1.61. The van der Waals surface area contributed by atoms with Gasteiger partial charge in [-0.15, -0.1) is 0 Å². The van der Waals surface area contributed by atoms with Gasteiger partial charge in [0.05, 0.1) is 18.6 Å². The number of carbonyl (C=O) groups is 5. The summed E-state index contributed by atoms with van der Waals surface area (Å²) in [4.78, 5) is 65.5. The Balaban J connectivity index is 2.86. The highest BCUT2D eigenvalue weighted by atomic mass is 16.4. The third kappa shape index (κ3) is 8.82. The van der Waals surface area contributed by atoms with Crippen molar-refractivity contribution in [2.24, 2.45) is 27.9 Å². The Morgan fingerprint density at radius 3 is 2.32 bits per heavy atom. The number of rotatable bonds is 13. The first-order valence-electron chi connectivity index (χ1n) is 10.8. The third-order valence-electron chi connectivity index (χ3n) is 5.20. The number of aliphatic hydroxyl groups is 1. The molecule has 34 heavy (non-hydrogen) atoms. The number of likely N-dealkylation sites (tertiary alicyclic amines) is 1. The number of aliphatic hydroxyl groups excluding tert-OH is 1. The molecule has 0 saturated carbocycles. The molecule has 0 aliphatic carbocycles. The number of carbonyl (C=O) groups excluding carboxylic acids is 4. The van der Waals surface area contributed by atoms with Crippen LogP contribution in [0.15, 0.2) is 4.99 Å². The van der Waals surface area contributed by atoms with Gasteiger partial charge in [0.25, 0.3) is 0 Å². The van der Waals surface area contributed by atoms with Gasteiger partial charge >= 0.3 is 5.97 Å². The van der Waals surface area contributed by atoms with Crippen LogP contribution in [0.25, 0.3) is 0 Å². The smallest absolute Gasteiger partial charge is 0.326 e. The van der Waals surface area contributed by atoms with E-state index < -0.39 is 66.3 Å². The molecule has 1 heterocycles. The summed E-state index contributed by atoms with van der Waals surface area (Å²) in [5.41, 5.74) is 21.0. The van der Waals surface area contributed by atoms with Crippen LogP contribution < -0.4 is 33.6 Å². The summed E-state index contributed by atoms with van der Waals surface area (Å²) >= 11 is 0. The van der Waals surface area contributed by atoms with E-state index in [1.54, 1.807) is 0 Å². The first-order valence-corrected chi connectivity index (χ1v) is 10.8. The first kappa shape index (κ1) is 28.6. The summed E-state index contributed by atoms with van der Waals surface area (Å²) in [5, 5.41) is 24.2. The number of amides is 4. The predicted octanol–water partition coefficient (Wildman–Crippen LogP) is -4.33. The Hall–Kier alpha value is -3.46. The predicted molar refractivity (Wildman–Crippen MR) is 120 cm³/mol. The van der Waals surface area contributed by atoms with E-state index in [2.05, 4.69) is 15.6 Å². The van der Waals surface area contributed by atoms with Crippen molar-refractivity contribution in [3.63, 3.8) is 0 Å². The topological polar surface area (TPSA) is 270 Å². The molecule has 12 N–H and O–H groups in total. The highest BCUT2D eigenvalue weighted by Gasteiger charge is 2.40. The molecule has 15 nitrogen and oxygen atoms in total. The minimum absolute atomic E-state index is 0.0582. The van der Waals surface area contributed by atoms with Crippen LogP contribution in [0.1, 0.15) is 39.0 Å². The van der Waals surface area contributed by atoms with E-state index in [4.69, 9.17) is 22.9 Å². The molecule has 5 unspecified atom stereocenters. The van der Waals surface area contributed by atoms with Gasteiger partial charge in [0.1, 0.15) is 18.1 Å². The number of hydrogen-bond acceptors (Lipinski definition) is 8. The number of nitrogens with two attached hydrogens (primary N) is 4. The third-order valence-corrected chi connectivity index (χ3v) is 5.20. The average molecular weight is 487 g/mol. The maximum Gasteiger partial charge on any atom is 0.326 e. The molecular weight excluding hydrogens is 452 g/mol. The summed E-state index contributed by atoms with van der Waals surface area (Å²) < 4.78 is 0. The second-order valence-electron chi connectivity index (χ2n) is 8.04. The Labute approximate surface area is 196 Å². The van der Waals surface area contributed by atoms with Crippen molar-refractivity contribution in [3.8, 4) is 0 Å². The molecule has 0 radical (unpaired) electrons. The maximum absolute atomic E-state index is 13.1. The van der Waals surface area contributed by atoms with Crippen LogP contribution in [0.3, 0.4) is 0 Å². The minimum atomic E-state index is -1.44. The fourth-order valence-corrected chi connectivity index (χ4v) is 3.47. The summed E-state index contributed by atoms with van der Waals surface area (Å²) in [6.07, 6.45) is -0.731. The van der Waals surface area contributed by atoms with Crippen LogP contribution >= 0.6 is 0 Å². The summed E-state index contributed by atoms with van der Waals surface area (Å²) in [6, 6.07) is -4.97. The van der Waals surface area contributed by atoms with E-state index in [1.807, 2.05) is 0 Å². The second-order valence-corrected chi connectivity index (χ2v) is 8.04. The molecule has 0 bridgehead atoms. The number of primary amides is 1. The fraction of sp³-hybridized carbons (Fsp3) is 0.684. The Morgan fingerprint density at radius 1 is 1.15 bits per heavy atom. The molecule has 1 aliphatic rings. The van der Waals surface area contributed by atoms with Gasteiger partial charge in [-0.2, -0.15) is 0 Å². The Morgan fingerprint density at radius 2 is 1.79 bits per heavy atom. The molecule has 5 atom stereocenters. The van der Waals surface area contributed by atoms with Crippen molar-refractivity contribution in [2.45, 2.75) is 69.3 Å². The number of nitrogens with one attached hydrogen (secondary N) is 2. The fourth-order valence-electron chi connectivity index (χ4n) is 3.47. The number of aliphatic imine (C=N–C) groups is 1. The molecule has 1 rings (SSSR count). The van der Waals surface area contributed by atoms with Crippen molar-refractivity contribution < 1.29 is 34.2 Å². The van der Waals surface area contributed by atoms with Crippen LogP contribution in [0, 0.1) is 0 Å². The number of aliphatic carboxylic acids is 1. The lowest BCUT2D eigenvalue weighted by Gasteiger charge is -2.31. The van der Waals surface area contributed by atoms with Gasteiger partial charge in [0.2, 0.25) is 23.6 Å². The largest absolute Gasteiger partial charge is 0.480 e. The lowest BCUT2D eigenvalue weighted by molar-refractivity contribution is -0.146. The average Bonchev–Trinajstić information content (AvgIpc) is 3.22. The molecular formula is C19H34N8O7. The van der Waals surface area contributed by atoms with E-state index in [0.717, 1.165) is 0 Å². The zero-order valence-corrected chi connectivity index (χ0v) is 19.0. The SMILES string of the molecule is CC(O)C(NC(=O)C(N)CC(N)=O)C(=O)N1CCCC1C(=O)NC(CCCN=C(N)N)C(=O)O. The maximum atomic E-state index is 13.1. The quantitative estimate of drug-likeness (QED) is 0.0704. The second kappa shape index (κ2) is 13.3. The lowest BCUT2D eigenvalue weighted by atomic mass is 10.1. The first-order chi connectivity index (χ1) is 15.8. The van der Waals surface area contributed by atoms with Crippen molar-refractivity contribution in [1.82, 2.24) is 15.5 Å². The van der Waals surface area contributed by atoms with Crippen molar-refractivity contribution in [1.29, 1.82) is 0 Å². The van der Waals surface area contributed by atoms with Gasteiger partial charge in [-0.25, -0.2) is 4.79 Å². The van der Waals surface area contributed by atoms with Gasteiger partial charge in [0, 0.05) is 13.1 Å². The molecule has 0 aromatic rings. The van der Waals surface area contributed by atoms with Gasteiger partial charge in [-0.05, 0) is 32.6 Å². The highest BCUT2D eigenvalue weighted by Crippen LogP contribution is 2.20. The number of nitrogens with zero attached hydrogens (tertiary/aromatic N) is 2. The number of hydrogen-bond donors (Lipinski definition) is 8. The zero-order valence-electron chi connectivity index (χ0n) is 19.0. The minimum Gasteiger partial charge on any atom is -0.480 e. The van der Waals surface area contributed by atoms with E-state index in [1.165, 1.54) is 11.8 Å². The van der Waals surface area contributed by atoms with Gasteiger partial charge in [-0.3, -0.25) is 24.2 Å². The lowest BCUT2D eigenvalue weighted by Crippen LogP contribution is -2.59. The van der Waals surface area contributed by atoms with E-state index >= 15 is 0 Å². The van der Waals surface area contributed by atoms with Crippen molar-refractivity contribution in [2.75, 3.05) is 13.1 Å². The van der Waals surface area contributed by atoms with Crippen molar-refractivity contribution in [3.05, 3.63) is 0 Å². The van der Waals surface area contributed by atoms with E-state index in [-0.39, 0.29) is 31.9 Å². The molecule has 15 heteroatoms. The van der Waals surface area contributed by atoms with Crippen LogP contribution in [0.2, 0.25) is 0 Å². The van der Waals surface area contributed by atoms with Gasteiger partial charge in [-0.1, -0.05) is 0 Å². The molecule has 1 saturated heterocycles. The highest BCUT2D eigenvalue weighted by molar-refractivity contribution is 5.95. The number of guanidine groups is 1. The molecule has 1 fully saturated rings. The van der Waals surface area contributed by atoms with Crippen molar-refractivity contribution >= 4 is 35.6 Å². The number of carboxylic acid groups (broad SMARTS) is 1. The number of carboxylic acids is 1. The van der Waals surface area contributed by atoms with E-state index in [0.29, 0.717) is 12.8 Å². The zero-order chi connectivity index (χ0) is 26.0.